The summed E-state index contributed by atoms with van der Waals surface area (Å²) in [6.07, 6.45) is 4.75. The molecule has 2 atom stereocenters. The van der Waals surface area contributed by atoms with Crippen molar-refractivity contribution in [3.8, 4) is 11.5 Å². The first-order valence-corrected chi connectivity index (χ1v) is 7.95. The number of rotatable bonds is 6. The van der Waals surface area contributed by atoms with Gasteiger partial charge in [0.05, 0.1) is 13.0 Å². The van der Waals surface area contributed by atoms with Gasteiger partial charge < -0.3 is 9.47 Å². The molecule has 0 aliphatic heterocycles. The molecule has 0 aromatic heterocycles. The number of allylic oxidation sites excluding steroid dienone is 3. The number of benzene rings is 1. The Morgan fingerprint density at radius 3 is 2.57 bits per heavy atom. The third kappa shape index (κ3) is 3.66. The highest BCUT2D eigenvalue weighted by molar-refractivity contribution is 5.81. The molecule has 124 valence electrons. The van der Waals surface area contributed by atoms with Gasteiger partial charge in [-0.2, -0.15) is 0 Å². The molecule has 1 aromatic carbocycles. The van der Waals surface area contributed by atoms with Gasteiger partial charge in [0.15, 0.2) is 11.5 Å². The Bertz CT molecular complexity index is 636. The molecule has 1 aromatic rings. The highest BCUT2D eigenvalue weighted by Crippen LogP contribution is 2.59. The van der Waals surface area contributed by atoms with E-state index in [1.54, 1.807) is 13.2 Å². The summed E-state index contributed by atoms with van der Waals surface area (Å²) in [6.45, 7) is 12.0. The Morgan fingerprint density at radius 2 is 2.00 bits per heavy atom. The number of esters is 1. The van der Waals surface area contributed by atoms with Crippen LogP contribution in [0.15, 0.2) is 42.5 Å². The molecule has 1 fully saturated rings. The van der Waals surface area contributed by atoms with Gasteiger partial charge in [-0.15, -0.1) is 6.58 Å². The second-order valence-electron chi connectivity index (χ2n) is 6.97. The summed E-state index contributed by atoms with van der Waals surface area (Å²) < 4.78 is 11.0. The first kappa shape index (κ1) is 17.3. The van der Waals surface area contributed by atoms with Crippen molar-refractivity contribution in [2.45, 2.75) is 34.1 Å². The molecule has 3 heteroatoms. The molecule has 0 saturated heterocycles. The quantitative estimate of drug-likeness (QED) is 0.438. The molecular formula is C20H26O3. The van der Waals surface area contributed by atoms with Crippen LogP contribution in [0.5, 0.6) is 11.5 Å². The number of methoxy groups -OCH3 is 1. The van der Waals surface area contributed by atoms with Gasteiger partial charge in [0, 0.05) is 0 Å². The minimum absolute atomic E-state index is 0.0512. The lowest BCUT2D eigenvalue weighted by molar-refractivity contribution is -0.136. The topological polar surface area (TPSA) is 35.5 Å². The maximum atomic E-state index is 12.5. The van der Waals surface area contributed by atoms with E-state index in [1.807, 2.05) is 18.2 Å². The Balaban J connectivity index is 2.15. The largest absolute Gasteiger partial charge is 0.493 e. The van der Waals surface area contributed by atoms with E-state index in [4.69, 9.17) is 9.47 Å². The van der Waals surface area contributed by atoms with Crippen molar-refractivity contribution in [2.24, 2.45) is 17.3 Å². The standard InChI is InChI=1S/C20H26O3/c1-7-8-14-9-10-16(17(12-14)22-6)23-19(21)18-15(11-13(2)3)20(18,4)5/h7,9-12,15,18H,1,8H2,2-6H3. The van der Waals surface area contributed by atoms with Crippen LogP contribution < -0.4 is 9.47 Å². The summed E-state index contributed by atoms with van der Waals surface area (Å²) in [5.74, 6) is 1.01. The van der Waals surface area contributed by atoms with Crippen molar-refractivity contribution < 1.29 is 14.3 Å². The van der Waals surface area contributed by atoms with Gasteiger partial charge in [-0.1, -0.05) is 37.6 Å². The van der Waals surface area contributed by atoms with Gasteiger partial charge in [0.25, 0.3) is 0 Å². The number of hydrogen-bond donors (Lipinski definition) is 0. The fourth-order valence-electron chi connectivity index (χ4n) is 3.06. The summed E-state index contributed by atoms with van der Waals surface area (Å²) in [4.78, 5) is 12.5. The maximum Gasteiger partial charge on any atom is 0.315 e. The summed E-state index contributed by atoms with van der Waals surface area (Å²) in [7, 11) is 1.58. The minimum atomic E-state index is -0.188. The van der Waals surface area contributed by atoms with E-state index in [2.05, 4.69) is 40.3 Å². The molecule has 2 unspecified atom stereocenters. The van der Waals surface area contributed by atoms with Gasteiger partial charge in [-0.3, -0.25) is 4.79 Å². The van der Waals surface area contributed by atoms with Crippen molar-refractivity contribution >= 4 is 5.97 Å². The average molecular weight is 314 g/mol. The van der Waals surface area contributed by atoms with Crippen LogP contribution in [0.3, 0.4) is 0 Å². The summed E-state index contributed by atoms with van der Waals surface area (Å²) >= 11 is 0. The van der Waals surface area contributed by atoms with Crippen LogP contribution in [0.1, 0.15) is 33.3 Å². The predicted molar refractivity (Wildman–Crippen MR) is 92.7 cm³/mol. The fraction of sp³-hybridized carbons (Fsp3) is 0.450. The highest BCUT2D eigenvalue weighted by atomic mass is 16.6. The zero-order valence-corrected chi connectivity index (χ0v) is 14.7. The summed E-state index contributed by atoms with van der Waals surface area (Å²) in [6, 6.07) is 5.61. The molecular weight excluding hydrogens is 288 g/mol. The SMILES string of the molecule is C=CCc1ccc(OC(=O)C2C(C=C(C)C)C2(C)C)c(OC)c1. The van der Waals surface area contributed by atoms with Crippen molar-refractivity contribution in [3.63, 3.8) is 0 Å². The number of ether oxygens (including phenoxy) is 2. The lowest BCUT2D eigenvalue weighted by Crippen LogP contribution is -2.14. The van der Waals surface area contributed by atoms with E-state index in [0.29, 0.717) is 11.5 Å². The van der Waals surface area contributed by atoms with Crippen LogP contribution in [0.2, 0.25) is 0 Å². The predicted octanol–water partition coefficient (Wildman–Crippen LogP) is 4.57. The van der Waals surface area contributed by atoms with Crippen LogP contribution in [0.4, 0.5) is 0 Å². The smallest absolute Gasteiger partial charge is 0.315 e. The molecule has 0 amide bonds. The molecule has 3 nitrogen and oxygen atoms in total. The molecule has 0 heterocycles. The lowest BCUT2D eigenvalue weighted by Gasteiger charge is -2.11. The lowest BCUT2D eigenvalue weighted by atomic mass is 10.1. The second kappa shape index (κ2) is 6.61. The highest BCUT2D eigenvalue weighted by Gasteiger charge is 2.61. The third-order valence-electron chi connectivity index (χ3n) is 4.50. The average Bonchev–Trinajstić information content (AvgIpc) is 3.00. The van der Waals surface area contributed by atoms with E-state index in [9.17, 15) is 4.79 Å². The molecule has 1 aliphatic carbocycles. The number of hydrogen-bond acceptors (Lipinski definition) is 3. The first-order valence-electron chi connectivity index (χ1n) is 7.95. The van der Waals surface area contributed by atoms with Crippen molar-refractivity contribution in [1.82, 2.24) is 0 Å². The first-order chi connectivity index (χ1) is 10.8. The van der Waals surface area contributed by atoms with Crippen molar-refractivity contribution in [3.05, 3.63) is 48.1 Å². The van der Waals surface area contributed by atoms with Crippen LogP contribution >= 0.6 is 0 Å². The minimum Gasteiger partial charge on any atom is -0.493 e. The molecule has 0 spiro atoms. The van der Waals surface area contributed by atoms with Gasteiger partial charge in [-0.25, -0.2) is 0 Å². The molecule has 2 rings (SSSR count). The monoisotopic (exact) mass is 314 g/mol. The number of carbonyl (C=O) groups is 1. The molecule has 1 aliphatic rings. The number of carbonyl (C=O) groups excluding carboxylic acids is 1. The summed E-state index contributed by atoms with van der Waals surface area (Å²) in [5, 5.41) is 0. The third-order valence-corrected chi connectivity index (χ3v) is 4.50. The van der Waals surface area contributed by atoms with Crippen LogP contribution in [0.25, 0.3) is 0 Å². The second-order valence-corrected chi connectivity index (χ2v) is 6.97. The van der Waals surface area contributed by atoms with Gasteiger partial charge >= 0.3 is 5.97 Å². The van der Waals surface area contributed by atoms with Crippen LogP contribution in [0, 0.1) is 17.3 Å². The van der Waals surface area contributed by atoms with Crippen molar-refractivity contribution in [2.75, 3.05) is 7.11 Å². The van der Waals surface area contributed by atoms with Gasteiger partial charge in [0.2, 0.25) is 0 Å². The Hall–Kier alpha value is -2.03. The van der Waals surface area contributed by atoms with E-state index in [1.165, 1.54) is 5.57 Å². The molecule has 0 bridgehead atoms. The normalized spacial score (nSPS) is 21.3. The zero-order chi connectivity index (χ0) is 17.2. The van der Waals surface area contributed by atoms with Crippen molar-refractivity contribution in [1.29, 1.82) is 0 Å². The van der Waals surface area contributed by atoms with E-state index in [-0.39, 0.29) is 23.2 Å². The molecule has 23 heavy (non-hydrogen) atoms. The summed E-state index contributed by atoms with van der Waals surface area (Å²) in [5.41, 5.74) is 2.25. The fourth-order valence-corrected chi connectivity index (χ4v) is 3.06. The van der Waals surface area contributed by atoms with E-state index >= 15 is 0 Å². The van der Waals surface area contributed by atoms with Gasteiger partial charge in [-0.05, 0) is 49.3 Å². The van der Waals surface area contributed by atoms with E-state index < -0.39 is 0 Å². The maximum absolute atomic E-state index is 12.5. The molecule has 1 saturated carbocycles. The Morgan fingerprint density at radius 1 is 1.30 bits per heavy atom. The van der Waals surface area contributed by atoms with Crippen LogP contribution in [-0.4, -0.2) is 13.1 Å². The van der Waals surface area contributed by atoms with Crippen LogP contribution in [-0.2, 0) is 11.2 Å². The Kier molecular flexibility index (Phi) is 4.98. The zero-order valence-electron chi connectivity index (χ0n) is 14.7. The van der Waals surface area contributed by atoms with E-state index in [0.717, 1.165) is 12.0 Å². The molecule has 0 radical (unpaired) electrons. The Labute approximate surface area is 139 Å². The molecule has 0 N–H and O–H groups in total. The van der Waals surface area contributed by atoms with Gasteiger partial charge in [0.1, 0.15) is 0 Å².